The first-order valence-corrected chi connectivity index (χ1v) is 7.46. The highest BCUT2D eigenvalue weighted by Gasteiger charge is 2.15. The van der Waals surface area contributed by atoms with Crippen molar-refractivity contribution in [3.8, 4) is 5.75 Å². The third kappa shape index (κ3) is 3.94. The number of nitrogens with zero attached hydrogens (tertiary/aromatic N) is 3. The van der Waals surface area contributed by atoms with Crippen molar-refractivity contribution in [2.75, 3.05) is 29.9 Å². The van der Waals surface area contributed by atoms with Crippen LogP contribution in [0.2, 0.25) is 0 Å². The van der Waals surface area contributed by atoms with Gasteiger partial charge in [0.25, 0.3) is 5.91 Å². The topological polar surface area (TPSA) is 67.3 Å². The van der Waals surface area contributed by atoms with Crippen molar-refractivity contribution in [2.45, 2.75) is 12.8 Å². The van der Waals surface area contributed by atoms with E-state index >= 15 is 0 Å². The average molecular weight is 316 g/mol. The van der Waals surface area contributed by atoms with Gasteiger partial charge in [0.05, 0.1) is 0 Å². The van der Waals surface area contributed by atoms with Crippen molar-refractivity contribution in [3.05, 3.63) is 42.5 Å². The average Bonchev–Trinajstić information content (AvgIpc) is 3.09. The second-order valence-electron chi connectivity index (χ2n) is 5.22. The molecule has 1 aliphatic heterocycles. The molecule has 2 aromatic rings. The predicted octanol–water partition coefficient (Wildman–Crippen LogP) is 2.23. The van der Waals surface area contributed by atoms with Crippen LogP contribution in [-0.4, -0.2) is 35.6 Å². The lowest BCUT2D eigenvalue weighted by Gasteiger charge is -2.16. The molecule has 0 radical (unpaired) electrons. The Morgan fingerprint density at radius 2 is 2.04 bits per heavy atom. The van der Waals surface area contributed by atoms with E-state index in [0.717, 1.165) is 31.7 Å². The molecule has 0 atom stereocenters. The van der Waals surface area contributed by atoms with Crippen LogP contribution in [0.1, 0.15) is 12.8 Å². The quantitative estimate of drug-likeness (QED) is 0.916. The molecule has 6 nitrogen and oxygen atoms in total. The number of anilines is 2. The van der Waals surface area contributed by atoms with Crippen LogP contribution < -0.4 is 15.0 Å². The van der Waals surface area contributed by atoms with Gasteiger partial charge >= 0.3 is 0 Å². The molecule has 23 heavy (non-hydrogen) atoms. The summed E-state index contributed by atoms with van der Waals surface area (Å²) in [5.74, 6) is 0.341. The van der Waals surface area contributed by atoms with Gasteiger partial charge in [-0.05, 0) is 25.0 Å². The molecule has 1 saturated heterocycles. The molecule has 1 N–H and O–H groups in total. The van der Waals surface area contributed by atoms with Gasteiger partial charge in [-0.15, -0.1) is 0 Å². The van der Waals surface area contributed by atoms with Crippen LogP contribution in [0.15, 0.2) is 36.7 Å². The summed E-state index contributed by atoms with van der Waals surface area (Å²) in [4.78, 5) is 22.3. The fraction of sp³-hybridized carbons (Fsp3) is 0.312. The molecule has 1 aromatic carbocycles. The van der Waals surface area contributed by atoms with Crippen molar-refractivity contribution in [3.63, 3.8) is 0 Å². The molecular formula is C16H17FN4O2. The SMILES string of the molecule is O=C(COc1ccccc1F)Nc1cc(N2CCCC2)ncn1. The van der Waals surface area contributed by atoms with Gasteiger partial charge in [-0.25, -0.2) is 14.4 Å². The number of nitrogens with one attached hydrogen (secondary N) is 1. The Morgan fingerprint density at radius 3 is 2.83 bits per heavy atom. The molecule has 1 aromatic heterocycles. The molecule has 1 aliphatic rings. The minimum absolute atomic E-state index is 0.0445. The zero-order valence-corrected chi connectivity index (χ0v) is 12.5. The van der Waals surface area contributed by atoms with Crippen LogP contribution in [0.25, 0.3) is 0 Å². The number of aromatic nitrogens is 2. The first-order chi connectivity index (χ1) is 11.2. The third-order valence-corrected chi connectivity index (χ3v) is 3.55. The standard InChI is InChI=1S/C16H17FN4O2/c17-12-5-1-2-6-13(12)23-10-16(22)20-14-9-15(19-11-18-14)21-7-3-4-8-21/h1-2,5-6,9,11H,3-4,7-8,10H2,(H,18,19,20,22). The number of halogens is 1. The summed E-state index contributed by atoms with van der Waals surface area (Å²) < 4.78 is 18.6. The number of amides is 1. The van der Waals surface area contributed by atoms with Crippen LogP contribution in [0.5, 0.6) is 5.75 Å². The van der Waals surface area contributed by atoms with E-state index in [2.05, 4.69) is 20.2 Å². The van der Waals surface area contributed by atoms with E-state index in [1.54, 1.807) is 18.2 Å². The Balaban J connectivity index is 1.57. The first-order valence-electron chi connectivity index (χ1n) is 7.46. The highest BCUT2D eigenvalue weighted by molar-refractivity contribution is 5.91. The molecule has 7 heteroatoms. The fourth-order valence-corrected chi connectivity index (χ4v) is 2.42. The summed E-state index contributed by atoms with van der Waals surface area (Å²) in [5, 5.41) is 2.63. The minimum atomic E-state index is -0.501. The summed E-state index contributed by atoms with van der Waals surface area (Å²) in [6, 6.07) is 7.68. The van der Waals surface area contributed by atoms with Gasteiger partial charge < -0.3 is 15.0 Å². The Kier molecular flexibility index (Phi) is 4.65. The molecule has 0 spiro atoms. The Hall–Kier alpha value is -2.70. The van der Waals surface area contributed by atoms with Crippen molar-refractivity contribution in [1.29, 1.82) is 0 Å². The summed E-state index contributed by atoms with van der Waals surface area (Å²) in [6.07, 6.45) is 3.70. The number of ether oxygens (including phenoxy) is 1. The van der Waals surface area contributed by atoms with Crippen LogP contribution in [0.4, 0.5) is 16.0 Å². The van der Waals surface area contributed by atoms with Gasteiger partial charge in [0, 0.05) is 19.2 Å². The zero-order valence-electron chi connectivity index (χ0n) is 12.5. The zero-order chi connectivity index (χ0) is 16.1. The van der Waals surface area contributed by atoms with Gasteiger partial charge in [-0.2, -0.15) is 0 Å². The molecule has 1 amide bonds. The van der Waals surface area contributed by atoms with Crippen molar-refractivity contribution in [1.82, 2.24) is 9.97 Å². The third-order valence-electron chi connectivity index (χ3n) is 3.55. The van der Waals surface area contributed by atoms with Gasteiger partial charge in [-0.1, -0.05) is 12.1 Å². The maximum absolute atomic E-state index is 13.4. The van der Waals surface area contributed by atoms with Gasteiger partial charge in [0.15, 0.2) is 18.2 Å². The lowest BCUT2D eigenvalue weighted by atomic mass is 10.3. The second kappa shape index (κ2) is 7.04. The van der Waals surface area contributed by atoms with E-state index < -0.39 is 11.7 Å². The summed E-state index contributed by atoms with van der Waals surface area (Å²) in [5.41, 5.74) is 0. The second-order valence-corrected chi connectivity index (χ2v) is 5.22. The lowest BCUT2D eigenvalue weighted by molar-refractivity contribution is -0.118. The maximum atomic E-state index is 13.4. The number of hydrogen-bond donors (Lipinski definition) is 1. The first kappa shape index (κ1) is 15.2. The molecule has 3 rings (SSSR count). The monoisotopic (exact) mass is 316 g/mol. The maximum Gasteiger partial charge on any atom is 0.263 e. The fourth-order valence-electron chi connectivity index (χ4n) is 2.42. The van der Waals surface area contributed by atoms with Gasteiger partial charge in [0.2, 0.25) is 0 Å². The Labute approximate surface area is 133 Å². The summed E-state index contributed by atoms with van der Waals surface area (Å²) in [6.45, 7) is 1.63. The molecule has 0 bridgehead atoms. The largest absolute Gasteiger partial charge is 0.481 e. The molecule has 2 heterocycles. The van der Waals surface area contributed by atoms with Gasteiger partial charge in [-0.3, -0.25) is 4.79 Å². The molecule has 0 unspecified atom stereocenters. The number of rotatable bonds is 5. The number of hydrogen-bond acceptors (Lipinski definition) is 5. The lowest BCUT2D eigenvalue weighted by Crippen LogP contribution is -2.22. The van der Waals surface area contributed by atoms with Crippen LogP contribution in [0, 0.1) is 5.82 Å². The number of para-hydroxylation sites is 1. The molecular weight excluding hydrogens is 299 g/mol. The normalized spacial score (nSPS) is 13.9. The summed E-state index contributed by atoms with van der Waals surface area (Å²) >= 11 is 0. The Bertz CT molecular complexity index is 689. The van der Waals surface area contributed by atoms with E-state index in [0.29, 0.717) is 5.82 Å². The molecule has 0 aliphatic carbocycles. The van der Waals surface area contributed by atoms with E-state index in [-0.39, 0.29) is 12.4 Å². The number of carbonyl (C=O) groups is 1. The highest BCUT2D eigenvalue weighted by atomic mass is 19.1. The van der Waals surface area contributed by atoms with Crippen LogP contribution in [-0.2, 0) is 4.79 Å². The molecule has 1 fully saturated rings. The van der Waals surface area contributed by atoms with Crippen LogP contribution >= 0.6 is 0 Å². The van der Waals surface area contributed by atoms with E-state index in [1.165, 1.54) is 18.5 Å². The Morgan fingerprint density at radius 1 is 1.26 bits per heavy atom. The summed E-state index contributed by atoms with van der Waals surface area (Å²) in [7, 11) is 0. The molecule has 120 valence electrons. The van der Waals surface area contributed by atoms with Crippen molar-refractivity contribution in [2.24, 2.45) is 0 Å². The van der Waals surface area contributed by atoms with Gasteiger partial charge in [0.1, 0.15) is 18.0 Å². The van der Waals surface area contributed by atoms with E-state index in [9.17, 15) is 9.18 Å². The minimum Gasteiger partial charge on any atom is -0.481 e. The molecule has 0 saturated carbocycles. The number of benzene rings is 1. The van der Waals surface area contributed by atoms with Crippen LogP contribution in [0.3, 0.4) is 0 Å². The van der Waals surface area contributed by atoms with Crippen molar-refractivity contribution < 1.29 is 13.9 Å². The van der Waals surface area contributed by atoms with E-state index in [4.69, 9.17) is 4.74 Å². The number of carbonyl (C=O) groups excluding carboxylic acids is 1. The predicted molar refractivity (Wildman–Crippen MR) is 84.0 cm³/mol. The van der Waals surface area contributed by atoms with Crippen molar-refractivity contribution >= 4 is 17.5 Å². The smallest absolute Gasteiger partial charge is 0.263 e. The highest BCUT2D eigenvalue weighted by Crippen LogP contribution is 2.19. The van der Waals surface area contributed by atoms with E-state index in [1.807, 2.05) is 0 Å².